The number of cyclic esters (lactones) is 1. The van der Waals surface area contributed by atoms with E-state index in [2.05, 4.69) is 115 Å². The van der Waals surface area contributed by atoms with Gasteiger partial charge in [-0.05, 0) is 210 Å². The minimum Gasteiger partial charge on any atom is -0.459 e. The smallest absolute Gasteiger partial charge is 0.309 e. The Bertz CT molecular complexity index is 2090. The van der Waals surface area contributed by atoms with Gasteiger partial charge in [-0.2, -0.15) is 0 Å². The van der Waals surface area contributed by atoms with E-state index < -0.39 is 61.0 Å². The van der Waals surface area contributed by atoms with Crippen LogP contribution in [-0.2, 0) is 23.8 Å². The molecule has 0 radical (unpaired) electrons. The molecule has 3 N–H and O–H groups in total. The van der Waals surface area contributed by atoms with E-state index in [1.807, 2.05) is 20.8 Å². The number of unbranched alkanes of at least 4 members (excludes halogenated alkanes) is 7. The van der Waals surface area contributed by atoms with E-state index >= 15 is 0 Å². The fraction of sp³-hybridized carbons (Fsp3) is 0.683. The lowest BCUT2D eigenvalue weighted by atomic mass is 9.84. The van der Waals surface area contributed by atoms with Gasteiger partial charge < -0.3 is 39.3 Å². The molecule has 2 heterocycles. The van der Waals surface area contributed by atoms with Crippen molar-refractivity contribution in [2.75, 3.05) is 26.8 Å². The Morgan fingerprint density at radius 2 is 1.20 bits per heavy atom. The molecule has 3 aromatic rings. The Morgan fingerprint density at radius 1 is 0.730 bits per heavy atom. The summed E-state index contributed by atoms with van der Waals surface area (Å²) in [6.07, 6.45) is 9.10. The van der Waals surface area contributed by atoms with E-state index in [1.165, 1.54) is 69.1 Å². The maximum absolute atomic E-state index is 14.4. The monoisotopic (exact) mass is 1040 g/mol. The summed E-state index contributed by atoms with van der Waals surface area (Å²) in [5.74, 6) is -1.34. The molecule has 2 fully saturated rings. The zero-order chi connectivity index (χ0) is 54.7. The number of carbonyl (C=O) groups excluding carboxylic acids is 2. The Balaban J connectivity index is 1.24. The van der Waals surface area contributed by atoms with E-state index in [0.717, 1.165) is 44.7 Å². The summed E-state index contributed by atoms with van der Waals surface area (Å²) in [6.45, 7) is 26.4. The van der Waals surface area contributed by atoms with Crippen LogP contribution in [0, 0.1) is 53.4 Å². The SMILES string of the molecule is CC[C@H]1OC(=O)[C@H](C)CC[C@@H](O[C@H]2C[C@@H](N(C)C)C[C@@H](C)O2)[C@](C)(O)C[C@@H](C)CN(C(=O)CCCCCCCCCC[P+](c2cc(C)cc(C)c2)(c2cc(C)cc(C)c2)c2cc(C)cc(C)c2)[C@H](C)[C@@H](O)[C@]1(C)O. The van der Waals surface area contributed by atoms with Gasteiger partial charge >= 0.3 is 5.97 Å². The van der Waals surface area contributed by atoms with Gasteiger partial charge in [0.25, 0.3) is 0 Å². The molecule has 11 atom stereocenters. The van der Waals surface area contributed by atoms with Gasteiger partial charge in [-0.15, -0.1) is 0 Å². The third-order valence-corrected chi connectivity index (χ3v) is 20.9. The predicted octanol–water partition coefficient (Wildman–Crippen LogP) is 11.0. The van der Waals surface area contributed by atoms with E-state index in [4.69, 9.17) is 14.2 Å². The van der Waals surface area contributed by atoms with Crippen molar-refractivity contribution < 1.29 is 39.1 Å². The molecular weight excluding hydrogens is 944 g/mol. The second kappa shape index (κ2) is 27.4. The predicted molar refractivity (Wildman–Crippen MR) is 307 cm³/mol. The van der Waals surface area contributed by atoms with E-state index in [-0.39, 0.29) is 36.9 Å². The van der Waals surface area contributed by atoms with Gasteiger partial charge in [-0.3, -0.25) is 9.59 Å². The normalized spacial score (nSPS) is 28.9. The maximum Gasteiger partial charge on any atom is 0.309 e. The van der Waals surface area contributed by atoms with Gasteiger partial charge in [0.1, 0.15) is 41.0 Å². The van der Waals surface area contributed by atoms with Crippen LogP contribution < -0.4 is 15.9 Å². The van der Waals surface area contributed by atoms with Crippen LogP contribution in [-0.4, -0.2) is 118 Å². The minimum absolute atomic E-state index is 0.0201. The summed E-state index contributed by atoms with van der Waals surface area (Å²) in [6, 6.07) is 21.1. The van der Waals surface area contributed by atoms with Crippen molar-refractivity contribution in [3.8, 4) is 0 Å². The highest BCUT2D eigenvalue weighted by atomic mass is 31.2. The highest BCUT2D eigenvalue weighted by Gasteiger charge is 2.48. The number of hydrogen-bond acceptors (Lipinski definition) is 9. The molecule has 2 saturated heterocycles. The summed E-state index contributed by atoms with van der Waals surface area (Å²) in [5, 5.41) is 40.7. The van der Waals surface area contributed by atoms with Crippen LogP contribution in [0.3, 0.4) is 0 Å². The highest BCUT2D eigenvalue weighted by molar-refractivity contribution is 7.95. The highest BCUT2D eigenvalue weighted by Crippen LogP contribution is 2.57. The van der Waals surface area contributed by atoms with Crippen molar-refractivity contribution >= 4 is 35.1 Å². The Labute approximate surface area is 449 Å². The van der Waals surface area contributed by atoms with E-state index in [1.54, 1.807) is 25.7 Å². The topological polar surface area (TPSA) is 129 Å². The van der Waals surface area contributed by atoms with Crippen LogP contribution in [0.5, 0.6) is 0 Å². The molecule has 0 spiro atoms. The molecule has 0 unspecified atom stereocenters. The number of nitrogens with zero attached hydrogens (tertiary/aromatic N) is 2. The molecule has 0 saturated carbocycles. The number of hydrogen-bond donors (Lipinski definition) is 3. The molecule has 2 aliphatic heterocycles. The van der Waals surface area contributed by atoms with Crippen LogP contribution in [0.15, 0.2) is 54.6 Å². The second-order valence-electron chi connectivity index (χ2n) is 24.2. The second-order valence-corrected chi connectivity index (χ2v) is 27.8. The van der Waals surface area contributed by atoms with Crippen LogP contribution in [0.1, 0.15) is 178 Å². The Hall–Kier alpha value is -3.21. The quantitative estimate of drug-likeness (QED) is 0.0648. The summed E-state index contributed by atoms with van der Waals surface area (Å²) in [4.78, 5) is 31.9. The molecule has 1 amide bonds. The number of aryl methyl sites for hydroxylation is 6. The molecule has 414 valence electrons. The molecule has 0 aliphatic carbocycles. The van der Waals surface area contributed by atoms with Gasteiger partial charge in [0.2, 0.25) is 5.91 Å². The first kappa shape index (κ1) is 61.6. The van der Waals surface area contributed by atoms with Gasteiger partial charge in [0.15, 0.2) is 6.29 Å². The van der Waals surface area contributed by atoms with Gasteiger partial charge in [-0.25, -0.2) is 0 Å². The third-order valence-electron chi connectivity index (χ3n) is 16.5. The van der Waals surface area contributed by atoms with Gasteiger partial charge in [-0.1, -0.05) is 71.1 Å². The molecule has 10 nitrogen and oxygen atoms in total. The number of benzene rings is 3. The average Bonchev–Trinajstić information content (AvgIpc) is 3.30. The van der Waals surface area contributed by atoms with E-state index in [0.29, 0.717) is 38.5 Å². The zero-order valence-corrected chi connectivity index (χ0v) is 49.5. The molecule has 3 aromatic carbocycles. The minimum atomic E-state index is -1.99. The molecule has 74 heavy (non-hydrogen) atoms. The lowest BCUT2D eigenvalue weighted by Gasteiger charge is -2.43. The first-order chi connectivity index (χ1) is 34.8. The van der Waals surface area contributed by atoms with E-state index in [9.17, 15) is 24.9 Å². The molecule has 0 bridgehead atoms. The number of aliphatic hydroxyl groups is 3. The molecule has 5 rings (SSSR count). The van der Waals surface area contributed by atoms with Crippen LogP contribution in [0.2, 0.25) is 0 Å². The summed E-state index contributed by atoms with van der Waals surface area (Å²) >= 11 is 0. The fourth-order valence-corrected chi connectivity index (χ4v) is 17.4. The zero-order valence-electron chi connectivity index (χ0n) is 48.6. The molecule has 0 aromatic heterocycles. The number of esters is 1. The summed E-state index contributed by atoms with van der Waals surface area (Å²) < 4.78 is 18.9. The lowest BCUT2D eigenvalue weighted by Crippen LogP contribution is -2.60. The average molecular weight is 1040 g/mol. The van der Waals surface area contributed by atoms with Crippen molar-refractivity contribution in [1.82, 2.24) is 9.80 Å². The number of ether oxygens (including phenoxy) is 3. The summed E-state index contributed by atoms with van der Waals surface area (Å²) in [5.41, 5.74) is 4.73. The molecule has 11 heteroatoms. The molecule has 2 aliphatic rings. The largest absolute Gasteiger partial charge is 0.459 e. The van der Waals surface area contributed by atoms with Crippen molar-refractivity contribution in [3.63, 3.8) is 0 Å². The van der Waals surface area contributed by atoms with Gasteiger partial charge in [0.05, 0.1) is 35.9 Å². The van der Waals surface area contributed by atoms with Crippen LogP contribution in [0.25, 0.3) is 0 Å². The maximum atomic E-state index is 14.4. The van der Waals surface area contributed by atoms with Crippen molar-refractivity contribution in [2.24, 2.45) is 11.8 Å². The molecular formula is C63H100N2O8P+. The summed E-state index contributed by atoms with van der Waals surface area (Å²) in [7, 11) is 2.13. The Morgan fingerprint density at radius 3 is 1.68 bits per heavy atom. The van der Waals surface area contributed by atoms with Crippen molar-refractivity contribution in [2.45, 2.75) is 240 Å². The van der Waals surface area contributed by atoms with Gasteiger partial charge in [0, 0.05) is 25.4 Å². The lowest BCUT2D eigenvalue weighted by molar-refractivity contribution is -0.252. The first-order valence-electron chi connectivity index (χ1n) is 28.5. The van der Waals surface area contributed by atoms with Crippen LogP contribution >= 0.6 is 7.26 Å². The fourth-order valence-electron chi connectivity index (χ4n) is 12.4. The van der Waals surface area contributed by atoms with Crippen LogP contribution in [0.4, 0.5) is 0 Å². The number of carbonyl (C=O) groups is 2. The standard InChI is InChI=1S/C63H100N2O8P/c1-16-56-63(13,70)60(67)51(11)65(41-48(8)40-62(12,69)57(27-26-49(9)61(68)73-56)72-59-39-52(64(14)15)38-50(10)71-59)58(66)25-23-21-19-17-18-20-22-24-28-74(53-32-42(2)29-43(3)33-53,54-34-44(4)30-45(5)35-54)55-36-46(6)31-47(7)37-55/h29-37,48-52,56-57,59-60,67,69-70H,16-28,38-41H2,1-15H3/q+1/t48-,49-,50-,51-,52+,56-,57-,59+,60-,62-,63-/m1/s1. The Kier molecular flexibility index (Phi) is 22.8. The first-order valence-corrected chi connectivity index (χ1v) is 30.5. The van der Waals surface area contributed by atoms with Crippen molar-refractivity contribution in [3.05, 3.63) is 88.0 Å². The van der Waals surface area contributed by atoms with Crippen molar-refractivity contribution in [1.29, 1.82) is 0 Å². The third kappa shape index (κ3) is 16.4. The number of amides is 1. The number of rotatable bonds is 18. The number of aliphatic hydroxyl groups excluding tert-OH is 1.